The van der Waals surface area contributed by atoms with Crippen molar-refractivity contribution < 1.29 is 41.5 Å². The number of carbonyl (C=O) groups is 4. The van der Waals surface area contributed by atoms with Crippen LogP contribution in [-0.2, 0) is 29.1 Å². The molecule has 1 saturated heterocycles. The second-order valence-electron chi connectivity index (χ2n) is 14.1. The van der Waals surface area contributed by atoms with Crippen LogP contribution in [0.15, 0.2) is 40.8 Å². The van der Waals surface area contributed by atoms with Gasteiger partial charge in [0.2, 0.25) is 21.8 Å². The number of hydrogen-bond acceptors (Lipinski definition) is 10. The van der Waals surface area contributed by atoms with Gasteiger partial charge in [0.15, 0.2) is 5.58 Å². The fourth-order valence-corrected chi connectivity index (χ4v) is 7.71. The highest BCUT2D eigenvalue weighted by Gasteiger charge is 2.62. The van der Waals surface area contributed by atoms with E-state index in [-0.39, 0.29) is 25.5 Å². The third kappa shape index (κ3) is 7.61. The van der Waals surface area contributed by atoms with Crippen molar-refractivity contribution in [1.82, 2.24) is 25.2 Å². The number of nitrogens with one attached hydrogen (secondary N) is 3. The molecule has 48 heavy (non-hydrogen) atoms. The third-order valence-electron chi connectivity index (χ3n) is 9.08. The summed E-state index contributed by atoms with van der Waals surface area (Å²) in [6, 6.07) is 5.02. The Kier molecular flexibility index (Phi) is 9.18. The van der Waals surface area contributed by atoms with E-state index in [1.165, 1.54) is 4.90 Å². The number of amides is 4. The number of fused-ring (bicyclic) bond motifs is 3. The predicted molar refractivity (Wildman–Crippen MR) is 173 cm³/mol. The molecule has 3 fully saturated rings. The van der Waals surface area contributed by atoms with Crippen LogP contribution in [0.5, 0.6) is 6.08 Å². The molecule has 2 saturated carbocycles. The molecule has 3 N–H and O–H groups in total. The molecule has 0 spiro atoms. The van der Waals surface area contributed by atoms with E-state index in [0.29, 0.717) is 43.2 Å². The second kappa shape index (κ2) is 13.1. The Hall–Kier alpha value is -4.14. The van der Waals surface area contributed by atoms with Crippen LogP contribution in [0.2, 0.25) is 0 Å². The topological polar surface area (TPSA) is 186 Å². The summed E-state index contributed by atoms with van der Waals surface area (Å²) in [5.74, 6) is -2.34. The number of para-hydroxylation sites is 2. The van der Waals surface area contributed by atoms with Crippen molar-refractivity contribution in [2.45, 2.75) is 113 Å². The van der Waals surface area contributed by atoms with Gasteiger partial charge in [-0.1, -0.05) is 37.1 Å². The van der Waals surface area contributed by atoms with Gasteiger partial charge in [-0.15, -0.1) is 0 Å². The SMILES string of the molecule is CC(C)(C)OC(=O)N[C@H]1CCCCC/C=C\[C@H]2C[C@@]2(C(=O)NS(=O)(=O)C2CC2)NC(=O)[C@@H]2C[C@@H](Oc3nc4ccccc4o3)CN2C1=O. The molecule has 3 heterocycles. The standard InChI is InChI=1S/C33H43N5O9S/c1-32(2,3)47-30(42)34-24-13-8-6-4-5-7-11-20-18-33(20,29(41)37-48(43,44)22-15-16-22)36-27(39)25-17-21(19-38(25)28(24)40)45-31-35-23-12-9-10-14-26(23)46-31/h7,9-12,14,20-22,24-25H,4-6,8,13,15-19H2,1-3H3,(H,34,42)(H,36,39)(H,37,41)/b11-7-/t20-,21+,24-,25-,33+/m0/s1. The zero-order valence-electron chi connectivity index (χ0n) is 27.4. The van der Waals surface area contributed by atoms with E-state index in [2.05, 4.69) is 20.3 Å². The Balaban J connectivity index is 1.28. The first-order valence-electron chi connectivity index (χ1n) is 16.6. The van der Waals surface area contributed by atoms with Crippen molar-refractivity contribution in [1.29, 1.82) is 0 Å². The first-order chi connectivity index (χ1) is 22.7. The summed E-state index contributed by atoms with van der Waals surface area (Å²) in [6.07, 6.45) is 6.72. The lowest BCUT2D eigenvalue weighted by atomic mass is 10.0. The van der Waals surface area contributed by atoms with Gasteiger partial charge in [-0.05, 0) is 71.4 Å². The monoisotopic (exact) mass is 685 g/mol. The number of ether oxygens (including phenoxy) is 2. The minimum atomic E-state index is -3.87. The average molecular weight is 686 g/mol. The van der Waals surface area contributed by atoms with Crippen LogP contribution in [0.1, 0.15) is 78.6 Å². The molecule has 15 heteroatoms. The highest BCUT2D eigenvalue weighted by atomic mass is 32.2. The molecular weight excluding hydrogens is 642 g/mol. The van der Waals surface area contributed by atoms with Crippen molar-refractivity contribution >= 4 is 44.9 Å². The summed E-state index contributed by atoms with van der Waals surface area (Å²) in [4.78, 5) is 60.5. The maximum Gasteiger partial charge on any atom is 0.408 e. The largest absolute Gasteiger partial charge is 0.445 e. The third-order valence-corrected chi connectivity index (χ3v) is 10.9. The Bertz CT molecular complexity index is 1680. The van der Waals surface area contributed by atoms with Crippen LogP contribution >= 0.6 is 0 Å². The minimum Gasteiger partial charge on any atom is -0.445 e. The summed E-state index contributed by atoms with van der Waals surface area (Å²) < 4.78 is 44.9. The number of carbonyl (C=O) groups excluding carboxylic acids is 4. The number of aromatic nitrogens is 1. The van der Waals surface area contributed by atoms with E-state index < -0.39 is 74.3 Å². The van der Waals surface area contributed by atoms with E-state index >= 15 is 0 Å². The molecule has 0 unspecified atom stereocenters. The number of oxazole rings is 1. The highest BCUT2D eigenvalue weighted by Crippen LogP contribution is 2.46. The van der Waals surface area contributed by atoms with Crippen LogP contribution in [0.25, 0.3) is 11.1 Å². The highest BCUT2D eigenvalue weighted by molar-refractivity contribution is 7.91. The van der Waals surface area contributed by atoms with Gasteiger partial charge in [0.05, 0.1) is 11.8 Å². The zero-order valence-corrected chi connectivity index (χ0v) is 28.2. The predicted octanol–water partition coefficient (Wildman–Crippen LogP) is 3.07. The van der Waals surface area contributed by atoms with Crippen molar-refractivity contribution in [3.05, 3.63) is 36.4 Å². The van der Waals surface area contributed by atoms with Crippen LogP contribution in [-0.4, -0.2) is 83.2 Å². The number of allylic oxidation sites excluding steroid dienone is 1. The maximum atomic E-state index is 14.2. The molecule has 4 amide bonds. The Labute approximate surface area is 279 Å². The number of alkyl carbamates (subject to hydrolysis) is 1. The van der Waals surface area contributed by atoms with Crippen LogP contribution in [0.4, 0.5) is 4.79 Å². The van der Waals surface area contributed by atoms with E-state index in [9.17, 15) is 27.6 Å². The lowest BCUT2D eigenvalue weighted by Gasteiger charge is -2.30. The minimum absolute atomic E-state index is 0.0197. The Morgan fingerprint density at radius 3 is 2.60 bits per heavy atom. The Morgan fingerprint density at radius 1 is 1.10 bits per heavy atom. The van der Waals surface area contributed by atoms with Crippen LogP contribution in [0.3, 0.4) is 0 Å². The summed E-state index contributed by atoms with van der Waals surface area (Å²) in [5, 5.41) is 4.93. The van der Waals surface area contributed by atoms with Crippen molar-refractivity contribution in [2.24, 2.45) is 5.92 Å². The lowest BCUT2D eigenvalue weighted by Crippen LogP contribution is -2.58. The van der Waals surface area contributed by atoms with E-state index in [1.807, 2.05) is 18.2 Å². The zero-order chi connectivity index (χ0) is 34.3. The number of nitrogens with zero attached hydrogens (tertiary/aromatic N) is 2. The van der Waals surface area contributed by atoms with Crippen molar-refractivity contribution in [3.63, 3.8) is 0 Å². The molecule has 1 aromatic heterocycles. The van der Waals surface area contributed by atoms with Crippen molar-refractivity contribution in [3.8, 4) is 6.08 Å². The van der Waals surface area contributed by atoms with E-state index in [4.69, 9.17) is 13.9 Å². The van der Waals surface area contributed by atoms with Gasteiger partial charge in [-0.25, -0.2) is 13.2 Å². The first kappa shape index (κ1) is 33.7. The number of hydrogen-bond donors (Lipinski definition) is 3. The van der Waals surface area contributed by atoms with Crippen LogP contribution < -0.4 is 20.1 Å². The van der Waals surface area contributed by atoms with Crippen molar-refractivity contribution in [2.75, 3.05) is 6.54 Å². The molecule has 260 valence electrons. The number of rotatable bonds is 6. The molecule has 1 aromatic carbocycles. The molecule has 2 aromatic rings. The van der Waals surface area contributed by atoms with Gasteiger partial charge >= 0.3 is 12.2 Å². The maximum absolute atomic E-state index is 14.2. The normalized spacial score (nSPS) is 29.0. The second-order valence-corrected chi connectivity index (χ2v) is 16.1. The van der Waals surface area contributed by atoms with Gasteiger partial charge < -0.3 is 29.4 Å². The Morgan fingerprint density at radius 2 is 1.88 bits per heavy atom. The van der Waals surface area contributed by atoms with E-state index in [1.54, 1.807) is 39.0 Å². The van der Waals surface area contributed by atoms with E-state index in [0.717, 1.165) is 12.8 Å². The molecule has 2 aliphatic heterocycles. The number of benzene rings is 1. The summed E-state index contributed by atoms with van der Waals surface area (Å²) in [7, 11) is -3.87. The molecule has 6 rings (SSSR count). The quantitative estimate of drug-likeness (QED) is 0.382. The first-order valence-corrected chi connectivity index (χ1v) is 18.2. The van der Waals surface area contributed by atoms with Gasteiger partial charge in [0.1, 0.15) is 34.8 Å². The summed E-state index contributed by atoms with van der Waals surface area (Å²) in [5.41, 5.74) is -1.19. The lowest BCUT2D eigenvalue weighted by molar-refractivity contribution is -0.141. The molecule has 14 nitrogen and oxygen atoms in total. The molecule has 0 radical (unpaired) electrons. The summed E-state index contributed by atoms with van der Waals surface area (Å²) >= 11 is 0. The smallest absolute Gasteiger partial charge is 0.408 e. The van der Waals surface area contributed by atoms with Gasteiger partial charge in [0.25, 0.3) is 5.91 Å². The molecular formula is C33H43N5O9S. The fourth-order valence-electron chi connectivity index (χ4n) is 6.34. The van der Waals surface area contributed by atoms with Gasteiger partial charge in [-0.3, -0.25) is 19.1 Å². The molecule has 4 aliphatic rings. The number of sulfonamides is 1. The molecule has 5 atom stereocenters. The molecule has 2 aliphatic carbocycles. The van der Waals surface area contributed by atoms with Crippen LogP contribution in [0, 0.1) is 5.92 Å². The van der Waals surface area contributed by atoms with Gasteiger partial charge in [-0.2, -0.15) is 4.98 Å². The molecule has 0 bridgehead atoms. The average Bonchev–Trinajstić information content (AvgIpc) is 3.89. The van der Waals surface area contributed by atoms with Gasteiger partial charge in [0, 0.05) is 12.3 Å². The fraction of sp³-hybridized carbons (Fsp3) is 0.606. The summed E-state index contributed by atoms with van der Waals surface area (Å²) in [6.45, 7) is 5.14.